The minimum Gasteiger partial charge on any atom is -0.381 e. The lowest BCUT2D eigenvalue weighted by atomic mass is 9.73. The number of carbonyl (C=O) groups excluding carboxylic acids is 1. The van der Waals surface area contributed by atoms with E-state index in [-0.39, 0.29) is 23.6 Å². The third kappa shape index (κ3) is 4.19. The van der Waals surface area contributed by atoms with Crippen LogP contribution < -0.4 is 10.2 Å². The van der Waals surface area contributed by atoms with E-state index < -0.39 is 5.41 Å². The molecule has 2 aliphatic rings. The summed E-state index contributed by atoms with van der Waals surface area (Å²) in [5, 5.41) is 3.22. The van der Waals surface area contributed by atoms with Crippen LogP contribution >= 0.6 is 0 Å². The molecule has 4 nitrogen and oxygen atoms in total. The Labute approximate surface area is 176 Å². The lowest BCUT2D eigenvalue weighted by molar-refractivity contribution is -0.131. The molecule has 2 heterocycles. The van der Waals surface area contributed by atoms with E-state index in [9.17, 15) is 13.6 Å². The number of aryl methyl sites for hydroxylation is 1. The van der Waals surface area contributed by atoms with E-state index in [1.54, 1.807) is 18.2 Å². The maximum atomic E-state index is 14.4. The Morgan fingerprint density at radius 3 is 2.60 bits per heavy atom. The molecule has 30 heavy (non-hydrogen) atoms. The normalized spacial score (nSPS) is 21.3. The average molecular weight is 414 g/mol. The van der Waals surface area contributed by atoms with Crippen molar-refractivity contribution in [1.29, 1.82) is 0 Å². The molecule has 6 heteroatoms. The number of nitrogens with one attached hydrogen (secondary N) is 1. The summed E-state index contributed by atoms with van der Waals surface area (Å²) in [6, 6.07) is 11.3. The maximum absolute atomic E-state index is 14.4. The number of carbonyl (C=O) groups is 1. The van der Waals surface area contributed by atoms with Crippen molar-refractivity contribution in [2.24, 2.45) is 0 Å². The van der Waals surface area contributed by atoms with Crippen molar-refractivity contribution in [3.8, 4) is 0 Å². The first-order chi connectivity index (χ1) is 14.5. The van der Waals surface area contributed by atoms with Gasteiger partial charge in [0.1, 0.15) is 11.6 Å². The zero-order chi connectivity index (χ0) is 21.1. The van der Waals surface area contributed by atoms with E-state index >= 15 is 0 Å². The molecule has 2 fully saturated rings. The van der Waals surface area contributed by atoms with Gasteiger partial charge in [-0.3, -0.25) is 4.79 Å². The second-order valence-corrected chi connectivity index (χ2v) is 8.41. The van der Waals surface area contributed by atoms with Gasteiger partial charge in [0.15, 0.2) is 0 Å². The molecule has 2 saturated heterocycles. The van der Waals surface area contributed by atoms with Crippen LogP contribution in [-0.4, -0.2) is 38.3 Å². The summed E-state index contributed by atoms with van der Waals surface area (Å²) >= 11 is 0. The monoisotopic (exact) mass is 414 g/mol. The Morgan fingerprint density at radius 2 is 1.87 bits per heavy atom. The highest BCUT2D eigenvalue weighted by atomic mass is 19.1. The number of ether oxygens (including phenoxy) is 1. The van der Waals surface area contributed by atoms with Gasteiger partial charge in [0, 0.05) is 32.3 Å². The number of amides is 1. The number of rotatable bonds is 4. The third-order valence-corrected chi connectivity index (χ3v) is 6.38. The summed E-state index contributed by atoms with van der Waals surface area (Å²) in [7, 11) is 0. The Balaban J connectivity index is 1.52. The third-order valence-electron chi connectivity index (χ3n) is 6.38. The summed E-state index contributed by atoms with van der Waals surface area (Å²) < 4.78 is 33.3. The molecule has 2 aromatic carbocycles. The number of benzene rings is 2. The maximum Gasteiger partial charge on any atom is 0.231 e. The molecule has 0 aromatic heterocycles. The molecule has 2 aliphatic heterocycles. The van der Waals surface area contributed by atoms with E-state index in [2.05, 4.69) is 5.32 Å². The van der Waals surface area contributed by atoms with Gasteiger partial charge in [-0.05, 0) is 68.0 Å². The quantitative estimate of drug-likeness (QED) is 0.819. The number of hydrogen-bond acceptors (Lipinski definition) is 3. The van der Waals surface area contributed by atoms with E-state index in [0.29, 0.717) is 38.3 Å². The number of nitrogens with zero attached hydrogens (tertiary/aromatic N) is 1. The van der Waals surface area contributed by atoms with E-state index in [1.165, 1.54) is 18.2 Å². The molecule has 160 valence electrons. The molecular formula is C24H28F2N2O2. The summed E-state index contributed by atoms with van der Waals surface area (Å²) in [6.07, 6.45) is 2.86. The predicted molar refractivity (Wildman–Crippen MR) is 113 cm³/mol. The lowest BCUT2D eigenvalue weighted by Gasteiger charge is -2.40. The highest BCUT2D eigenvalue weighted by Crippen LogP contribution is 2.36. The molecular weight excluding hydrogens is 386 g/mol. The second-order valence-electron chi connectivity index (χ2n) is 8.41. The fraction of sp³-hybridized carbons (Fsp3) is 0.458. The molecule has 0 spiro atoms. The zero-order valence-electron chi connectivity index (χ0n) is 17.3. The van der Waals surface area contributed by atoms with Gasteiger partial charge in [0.05, 0.1) is 11.1 Å². The molecule has 2 aromatic rings. The van der Waals surface area contributed by atoms with Crippen LogP contribution in [0.25, 0.3) is 0 Å². The highest BCUT2D eigenvalue weighted by molar-refractivity contribution is 5.88. The minimum absolute atomic E-state index is 0.0472. The van der Waals surface area contributed by atoms with Gasteiger partial charge in [-0.15, -0.1) is 0 Å². The molecule has 1 amide bonds. The fourth-order valence-electron chi connectivity index (χ4n) is 4.64. The lowest BCUT2D eigenvalue weighted by Crippen LogP contribution is -2.55. The van der Waals surface area contributed by atoms with Crippen molar-refractivity contribution in [1.82, 2.24) is 5.32 Å². The first-order valence-electron chi connectivity index (χ1n) is 10.6. The van der Waals surface area contributed by atoms with Crippen LogP contribution in [0.15, 0.2) is 42.5 Å². The Morgan fingerprint density at radius 1 is 1.13 bits per heavy atom. The average Bonchev–Trinajstić information content (AvgIpc) is 2.76. The SMILES string of the molecule is Cc1ccc(F)c(N2CCCC(NC(=O)C3(c4ccc(F)cc4)CCOCC3)C2)c1. The molecule has 0 saturated carbocycles. The first kappa shape index (κ1) is 20.8. The largest absolute Gasteiger partial charge is 0.381 e. The van der Waals surface area contributed by atoms with E-state index in [1.807, 2.05) is 17.9 Å². The smallest absolute Gasteiger partial charge is 0.231 e. The van der Waals surface area contributed by atoms with Crippen molar-refractivity contribution in [2.75, 3.05) is 31.2 Å². The van der Waals surface area contributed by atoms with Crippen molar-refractivity contribution in [2.45, 2.75) is 44.1 Å². The summed E-state index contributed by atoms with van der Waals surface area (Å²) in [5.41, 5.74) is 1.70. The molecule has 0 bridgehead atoms. The van der Waals surface area contributed by atoms with Gasteiger partial charge in [0.2, 0.25) is 5.91 Å². The van der Waals surface area contributed by atoms with E-state index in [4.69, 9.17) is 4.74 Å². The van der Waals surface area contributed by atoms with Crippen molar-refractivity contribution in [3.63, 3.8) is 0 Å². The topological polar surface area (TPSA) is 41.6 Å². The standard InChI is InChI=1S/C24H28F2N2O2/c1-17-4-9-21(26)22(15-17)28-12-2-3-20(16-28)27-23(29)24(10-13-30-14-11-24)18-5-7-19(25)8-6-18/h4-9,15,20H,2-3,10-14,16H2,1H3,(H,27,29). The molecule has 1 N–H and O–H groups in total. The second kappa shape index (κ2) is 8.72. The molecule has 0 aliphatic carbocycles. The zero-order valence-corrected chi connectivity index (χ0v) is 17.3. The number of hydrogen-bond donors (Lipinski definition) is 1. The Hall–Kier alpha value is -2.47. The van der Waals surface area contributed by atoms with Crippen LogP contribution in [0.3, 0.4) is 0 Å². The van der Waals surface area contributed by atoms with Crippen LogP contribution in [0.1, 0.15) is 36.8 Å². The van der Waals surface area contributed by atoms with Crippen molar-refractivity contribution < 1.29 is 18.3 Å². The van der Waals surface area contributed by atoms with Crippen LogP contribution in [0.4, 0.5) is 14.5 Å². The van der Waals surface area contributed by atoms with Gasteiger partial charge in [-0.25, -0.2) is 8.78 Å². The van der Waals surface area contributed by atoms with Crippen LogP contribution in [0.2, 0.25) is 0 Å². The summed E-state index contributed by atoms with van der Waals surface area (Å²) in [4.78, 5) is 15.5. The molecule has 4 rings (SSSR count). The Kier molecular flexibility index (Phi) is 6.04. The van der Waals surface area contributed by atoms with Crippen LogP contribution in [-0.2, 0) is 14.9 Å². The van der Waals surface area contributed by atoms with Gasteiger partial charge < -0.3 is 15.0 Å². The summed E-state index contributed by atoms with van der Waals surface area (Å²) in [6.45, 7) is 4.28. The van der Waals surface area contributed by atoms with Gasteiger partial charge in [-0.2, -0.15) is 0 Å². The van der Waals surface area contributed by atoms with Crippen LogP contribution in [0, 0.1) is 18.6 Å². The molecule has 1 unspecified atom stereocenters. The number of halogens is 2. The van der Waals surface area contributed by atoms with Gasteiger partial charge in [-0.1, -0.05) is 18.2 Å². The van der Waals surface area contributed by atoms with E-state index in [0.717, 1.165) is 30.5 Å². The van der Waals surface area contributed by atoms with Crippen molar-refractivity contribution in [3.05, 3.63) is 65.2 Å². The molecule has 0 radical (unpaired) electrons. The first-order valence-corrected chi connectivity index (χ1v) is 10.6. The van der Waals surface area contributed by atoms with Gasteiger partial charge in [0.25, 0.3) is 0 Å². The van der Waals surface area contributed by atoms with Gasteiger partial charge >= 0.3 is 0 Å². The fourth-order valence-corrected chi connectivity index (χ4v) is 4.64. The molecule has 1 atom stereocenters. The number of anilines is 1. The highest BCUT2D eigenvalue weighted by Gasteiger charge is 2.42. The van der Waals surface area contributed by atoms with Crippen LogP contribution in [0.5, 0.6) is 0 Å². The predicted octanol–water partition coefficient (Wildman–Crippen LogP) is 4.11. The Bertz CT molecular complexity index is 895. The van der Waals surface area contributed by atoms with Crippen molar-refractivity contribution >= 4 is 11.6 Å². The number of piperidine rings is 1. The summed E-state index contributed by atoms with van der Waals surface area (Å²) in [5.74, 6) is -0.599. The minimum atomic E-state index is -0.719.